The topological polar surface area (TPSA) is 54.4 Å². The highest BCUT2D eigenvalue weighted by atomic mass is 35.6. The molecular weight excluding hydrogens is 258 g/mol. The highest BCUT2D eigenvalue weighted by Gasteiger charge is 2.18. The molecule has 0 bridgehead atoms. The van der Waals surface area contributed by atoms with E-state index in [9.17, 15) is 8.42 Å². The summed E-state index contributed by atoms with van der Waals surface area (Å²) in [6.07, 6.45) is 2.03. The molecule has 0 aliphatic carbocycles. The smallest absolute Gasteiger partial charge is 0.264 e. The van der Waals surface area contributed by atoms with Crippen molar-refractivity contribution in [2.75, 3.05) is 5.75 Å². The second kappa shape index (κ2) is 5.61. The van der Waals surface area contributed by atoms with E-state index in [0.717, 1.165) is 0 Å². The van der Waals surface area contributed by atoms with Crippen molar-refractivity contribution >= 4 is 44.9 Å². The van der Waals surface area contributed by atoms with Crippen molar-refractivity contribution in [2.24, 2.45) is 0 Å². The van der Waals surface area contributed by atoms with Crippen LogP contribution < -0.4 is 0 Å². The first-order valence-electron chi connectivity index (χ1n) is 3.73. The Morgan fingerprint density at radius 3 is 2.00 bits per heavy atom. The summed E-state index contributed by atoms with van der Waals surface area (Å²) in [5, 5.41) is 0. The van der Waals surface area contributed by atoms with E-state index < -0.39 is 13.9 Å². The maximum atomic E-state index is 10.3. The van der Waals surface area contributed by atoms with Gasteiger partial charge in [0, 0.05) is 0 Å². The van der Waals surface area contributed by atoms with Crippen LogP contribution in [0.3, 0.4) is 0 Å². The number of unbranched alkanes of at least 4 members (excludes halogenated alkanes) is 2. The van der Waals surface area contributed by atoms with E-state index in [-0.39, 0.29) is 5.75 Å². The molecule has 3 nitrogen and oxygen atoms in total. The van der Waals surface area contributed by atoms with Crippen molar-refractivity contribution in [1.82, 2.24) is 0 Å². The lowest BCUT2D eigenvalue weighted by atomic mass is 10.2. The minimum atomic E-state index is -3.84. The molecule has 0 aromatic carbocycles. The van der Waals surface area contributed by atoms with E-state index >= 15 is 0 Å². The first-order valence-corrected chi connectivity index (χ1v) is 6.47. The standard InChI is InChI=1S/C6H11Cl3O3S/c7-6(8,9)4-2-1-3-5-13(10,11)12/h1-5H2,(H,10,11,12). The molecule has 0 unspecified atom stereocenters. The fourth-order valence-electron chi connectivity index (χ4n) is 0.787. The van der Waals surface area contributed by atoms with E-state index in [0.29, 0.717) is 25.7 Å². The van der Waals surface area contributed by atoms with Gasteiger partial charge in [-0.05, 0) is 19.3 Å². The van der Waals surface area contributed by atoms with Crippen molar-refractivity contribution in [3.05, 3.63) is 0 Å². The van der Waals surface area contributed by atoms with Crippen LogP contribution in [0.25, 0.3) is 0 Å². The zero-order chi connectivity index (χ0) is 10.5. The van der Waals surface area contributed by atoms with Gasteiger partial charge in [-0.1, -0.05) is 41.2 Å². The van der Waals surface area contributed by atoms with Gasteiger partial charge in [-0.25, -0.2) is 0 Å². The number of rotatable bonds is 5. The highest BCUT2D eigenvalue weighted by Crippen LogP contribution is 2.31. The molecule has 0 fully saturated rings. The van der Waals surface area contributed by atoms with Gasteiger partial charge in [0.25, 0.3) is 10.1 Å². The third-order valence-corrected chi connectivity index (χ3v) is 2.73. The average molecular weight is 270 g/mol. The summed E-state index contributed by atoms with van der Waals surface area (Å²) < 4.78 is 27.6. The van der Waals surface area contributed by atoms with Gasteiger partial charge >= 0.3 is 0 Å². The second-order valence-corrected chi connectivity index (χ2v) is 6.80. The maximum Gasteiger partial charge on any atom is 0.264 e. The minimum absolute atomic E-state index is 0.229. The SMILES string of the molecule is O=S(=O)(O)CCCCCC(Cl)(Cl)Cl. The monoisotopic (exact) mass is 268 g/mol. The van der Waals surface area contributed by atoms with Crippen molar-refractivity contribution in [3.8, 4) is 0 Å². The molecule has 13 heavy (non-hydrogen) atoms. The van der Waals surface area contributed by atoms with Gasteiger partial charge < -0.3 is 0 Å². The summed E-state index contributed by atoms with van der Waals surface area (Å²) in [4.78, 5) is 0. The summed E-state index contributed by atoms with van der Waals surface area (Å²) in [6.45, 7) is 0. The van der Waals surface area contributed by atoms with Gasteiger partial charge in [0.05, 0.1) is 5.75 Å². The van der Waals surface area contributed by atoms with E-state index in [2.05, 4.69) is 0 Å². The zero-order valence-electron chi connectivity index (χ0n) is 6.84. The van der Waals surface area contributed by atoms with Gasteiger partial charge in [-0.2, -0.15) is 8.42 Å². The fraction of sp³-hybridized carbons (Fsp3) is 1.00. The fourth-order valence-corrected chi connectivity index (χ4v) is 1.76. The van der Waals surface area contributed by atoms with Crippen LogP contribution in [0, 0.1) is 0 Å². The third kappa shape index (κ3) is 12.8. The molecule has 1 N–H and O–H groups in total. The maximum absolute atomic E-state index is 10.3. The Kier molecular flexibility index (Phi) is 5.95. The summed E-state index contributed by atoms with van der Waals surface area (Å²) >= 11 is 16.4. The van der Waals surface area contributed by atoms with Crippen molar-refractivity contribution in [3.63, 3.8) is 0 Å². The molecule has 0 saturated heterocycles. The molecule has 0 saturated carbocycles. The summed E-state index contributed by atoms with van der Waals surface area (Å²) in [7, 11) is -3.84. The molecule has 0 atom stereocenters. The predicted molar refractivity (Wildman–Crippen MR) is 55.2 cm³/mol. The lowest BCUT2D eigenvalue weighted by Crippen LogP contribution is -2.05. The molecule has 0 radical (unpaired) electrons. The average Bonchev–Trinajstić information content (AvgIpc) is 1.81. The lowest BCUT2D eigenvalue weighted by molar-refractivity contribution is 0.479. The normalized spacial score (nSPS) is 13.2. The number of halogens is 3. The molecule has 0 rings (SSSR count). The summed E-state index contributed by atoms with van der Waals surface area (Å²) in [5.41, 5.74) is 0. The molecule has 0 aliphatic rings. The Hall–Kier alpha value is 0.780. The molecule has 0 aromatic rings. The second-order valence-electron chi connectivity index (χ2n) is 2.71. The van der Waals surface area contributed by atoms with E-state index in [1.54, 1.807) is 0 Å². The third-order valence-electron chi connectivity index (χ3n) is 1.36. The van der Waals surface area contributed by atoms with Crippen LogP contribution in [0.1, 0.15) is 25.7 Å². The van der Waals surface area contributed by atoms with Crippen molar-refractivity contribution in [1.29, 1.82) is 0 Å². The molecule has 0 aromatic heterocycles. The van der Waals surface area contributed by atoms with Crippen LogP contribution in [0.15, 0.2) is 0 Å². The molecule has 0 spiro atoms. The quantitative estimate of drug-likeness (QED) is 0.474. The van der Waals surface area contributed by atoms with Gasteiger partial charge in [0.1, 0.15) is 0 Å². The van der Waals surface area contributed by atoms with E-state index in [1.807, 2.05) is 0 Å². The molecule has 0 amide bonds. The highest BCUT2D eigenvalue weighted by molar-refractivity contribution is 7.85. The number of hydrogen-bond donors (Lipinski definition) is 1. The number of hydrogen-bond acceptors (Lipinski definition) is 2. The van der Waals surface area contributed by atoms with E-state index in [4.69, 9.17) is 39.4 Å². The van der Waals surface area contributed by atoms with E-state index in [1.165, 1.54) is 0 Å². The minimum Gasteiger partial charge on any atom is -0.286 e. The summed E-state index contributed by atoms with van der Waals surface area (Å²) in [6, 6.07) is 0. The van der Waals surface area contributed by atoms with Crippen LogP contribution in [0.2, 0.25) is 0 Å². The van der Waals surface area contributed by atoms with Gasteiger partial charge in [0.2, 0.25) is 0 Å². The largest absolute Gasteiger partial charge is 0.286 e. The van der Waals surface area contributed by atoms with Gasteiger partial charge in [-0.15, -0.1) is 0 Å². The molecule has 0 aliphatic heterocycles. The Bertz CT molecular complexity index is 232. The Labute approximate surface area is 93.1 Å². The van der Waals surface area contributed by atoms with Crippen molar-refractivity contribution in [2.45, 2.75) is 29.5 Å². The Morgan fingerprint density at radius 2 is 1.62 bits per heavy atom. The predicted octanol–water partition coefficient (Wildman–Crippen LogP) is 2.80. The van der Waals surface area contributed by atoms with Gasteiger partial charge in [-0.3, -0.25) is 4.55 Å². The van der Waals surface area contributed by atoms with Crippen LogP contribution in [-0.2, 0) is 10.1 Å². The van der Waals surface area contributed by atoms with Gasteiger partial charge in [0.15, 0.2) is 3.79 Å². The summed E-state index contributed by atoms with van der Waals surface area (Å²) in [5.74, 6) is -0.229. The van der Waals surface area contributed by atoms with Crippen LogP contribution in [0.5, 0.6) is 0 Å². The molecule has 80 valence electrons. The zero-order valence-corrected chi connectivity index (χ0v) is 9.93. The Morgan fingerprint density at radius 1 is 1.08 bits per heavy atom. The first-order chi connectivity index (χ1) is 5.71. The van der Waals surface area contributed by atoms with Crippen LogP contribution in [0.4, 0.5) is 0 Å². The van der Waals surface area contributed by atoms with Crippen molar-refractivity contribution < 1.29 is 13.0 Å². The Balaban J connectivity index is 3.39. The molecule has 7 heteroatoms. The first kappa shape index (κ1) is 13.8. The molecular formula is C6H11Cl3O3S. The number of alkyl halides is 3. The lowest BCUT2D eigenvalue weighted by Gasteiger charge is -2.09. The van der Waals surface area contributed by atoms with Crippen LogP contribution >= 0.6 is 34.8 Å². The molecule has 0 heterocycles. The van der Waals surface area contributed by atoms with Crippen LogP contribution in [-0.4, -0.2) is 22.5 Å².